The molecular formula is C21H24N2O4. The Morgan fingerprint density at radius 1 is 0.926 bits per heavy atom. The predicted octanol–water partition coefficient (Wildman–Crippen LogP) is 3.27. The maximum Gasteiger partial charge on any atom is 0.335 e. The molecule has 1 aliphatic rings. The lowest BCUT2D eigenvalue weighted by Gasteiger charge is -2.28. The molecule has 1 aliphatic heterocycles. The molecule has 3 rings (SSSR count). The van der Waals surface area contributed by atoms with E-state index in [0.29, 0.717) is 6.54 Å². The number of carboxylic acids is 2. The van der Waals surface area contributed by atoms with Crippen molar-refractivity contribution in [1.29, 1.82) is 0 Å². The summed E-state index contributed by atoms with van der Waals surface area (Å²) < 4.78 is 0. The largest absolute Gasteiger partial charge is 0.478 e. The Morgan fingerprint density at radius 2 is 1.41 bits per heavy atom. The molecule has 0 spiro atoms. The maximum absolute atomic E-state index is 11.5. The molecular weight excluding hydrogens is 344 g/mol. The van der Waals surface area contributed by atoms with E-state index in [9.17, 15) is 19.8 Å². The van der Waals surface area contributed by atoms with Crippen LogP contribution in [-0.4, -0.2) is 54.2 Å². The van der Waals surface area contributed by atoms with Crippen LogP contribution in [-0.2, 0) is 12.8 Å². The van der Waals surface area contributed by atoms with E-state index in [1.54, 1.807) is 24.3 Å². The van der Waals surface area contributed by atoms with Crippen LogP contribution in [0.5, 0.6) is 0 Å². The average Bonchev–Trinajstić information content (AvgIpc) is 2.77. The third-order valence-corrected chi connectivity index (χ3v) is 4.90. The Morgan fingerprint density at radius 3 is 1.81 bits per heavy atom. The van der Waals surface area contributed by atoms with Gasteiger partial charge in [0.15, 0.2) is 0 Å². The molecule has 0 saturated heterocycles. The summed E-state index contributed by atoms with van der Waals surface area (Å²) in [5.74, 6) is -1.93. The van der Waals surface area contributed by atoms with E-state index < -0.39 is 11.9 Å². The van der Waals surface area contributed by atoms with Crippen molar-refractivity contribution in [3.05, 3.63) is 58.7 Å². The van der Waals surface area contributed by atoms with E-state index >= 15 is 0 Å². The van der Waals surface area contributed by atoms with E-state index in [-0.39, 0.29) is 11.1 Å². The molecule has 2 aromatic carbocycles. The minimum absolute atomic E-state index is 0.240. The van der Waals surface area contributed by atoms with Crippen LogP contribution >= 0.6 is 0 Å². The first-order valence-corrected chi connectivity index (χ1v) is 9.01. The van der Waals surface area contributed by atoms with Gasteiger partial charge in [-0.05, 0) is 75.3 Å². The maximum atomic E-state index is 11.5. The third kappa shape index (κ3) is 4.11. The number of aromatic carboxylic acids is 2. The van der Waals surface area contributed by atoms with Crippen LogP contribution in [0.1, 0.15) is 38.3 Å². The van der Waals surface area contributed by atoms with Crippen LogP contribution in [0.3, 0.4) is 0 Å². The average molecular weight is 368 g/mol. The van der Waals surface area contributed by atoms with Crippen LogP contribution in [0.25, 0.3) is 0 Å². The number of hydrogen-bond acceptors (Lipinski definition) is 4. The number of anilines is 2. The van der Waals surface area contributed by atoms with Crippen LogP contribution in [0, 0.1) is 0 Å². The van der Waals surface area contributed by atoms with Crippen molar-refractivity contribution in [3.8, 4) is 0 Å². The highest BCUT2D eigenvalue weighted by Crippen LogP contribution is 2.37. The molecule has 0 atom stereocenters. The Bertz CT molecular complexity index is 811. The number of hydrogen-bond donors (Lipinski definition) is 2. The molecule has 0 bridgehead atoms. The summed E-state index contributed by atoms with van der Waals surface area (Å²) >= 11 is 0. The van der Waals surface area contributed by atoms with Crippen molar-refractivity contribution in [2.24, 2.45) is 0 Å². The lowest BCUT2D eigenvalue weighted by molar-refractivity contribution is 0.0686. The molecule has 2 N–H and O–H groups in total. The number of carbonyl (C=O) groups is 2. The quantitative estimate of drug-likeness (QED) is 0.814. The van der Waals surface area contributed by atoms with Crippen LogP contribution in [0.4, 0.5) is 11.4 Å². The van der Waals surface area contributed by atoms with E-state index in [0.717, 1.165) is 48.3 Å². The zero-order valence-electron chi connectivity index (χ0n) is 15.6. The zero-order chi connectivity index (χ0) is 19.6. The normalized spacial score (nSPS) is 13.1. The molecule has 142 valence electrons. The molecule has 6 heteroatoms. The number of fused-ring (bicyclic) bond motifs is 2. The molecule has 6 nitrogen and oxygen atoms in total. The second-order valence-corrected chi connectivity index (χ2v) is 7.11. The van der Waals surface area contributed by atoms with E-state index in [1.807, 2.05) is 26.2 Å². The first-order valence-electron chi connectivity index (χ1n) is 9.01. The third-order valence-electron chi connectivity index (χ3n) is 4.90. The van der Waals surface area contributed by atoms with Crippen molar-refractivity contribution in [1.82, 2.24) is 4.90 Å². The highest BCUT2D eigenvalue weighted by molar-refractivity contribution is 5.92. The molecule has 0 amide bonds. The van der Waals surface area contributed by atoms with Gasteiger partial charge in [0.1, 0.15) is 0 Å². The van der Waals surface area contributed by atoms with Gasteiger partial charge in [0.25, 0.3) is 0 Å². The van der Waals surface area contributed by atoms with Gasteiger partial charge >= 0.3 is 11.9 Å². The molecule has 0 unspecified atom stereocenters. The second-order valence-electron chi connectivity index (χ2n) is 7.11. The molecule has 0 fully saturated rings. The molecule has 0 radical (unpaired) electrons. The van der Waals surface area contributed by atoms with Gasteiger partial charge in [-0.25, -0.2) is 9.59 Å². The van der Waals surface area contributed by atoms with Crippen molar-refractivity contribution in [2.45, 2.75) is 19.3 Å². The van der Waals surface area contributed by atoms with Gasteiger partial charge in [0.2, 0.25) is 0 Å². The number of carboxylic acid groups (broad SMARTS) is 2. The summed E-state index contributed by atoms with van der Waals surface area (Å²) in [6.45, 7) is 1.57. The summed E-state index contributed by atoms with van der Waals surface area (Å²) in [7, 11) is 4.02. The molecule has 1 heterocycles. The Balaban J connectivity index is 2.10. The van der Waals surface area contributed by atoms with E-state index in [4.69, 9.17) is 0 Å². The van der Waals surface area contributed by atoms with Gasteiger partial charge in [-0.3, -0.25) is 0 Å². The topological polar surface area (TPSA) is 81.1 Å². The van der Waals surface area contributed by atoms with Crippen molar-refractivity contribution in [2.75, 3.05) is 32.1 Å². The fourth-order valence-corrected chi connectivity index (χ4v) is 3.50. The van der Waals surface area contributed by atoms with E-state index in [1.165, 1.54) is 0 Å². The molecule has 0 saturated carbocycles. The number of aryl methyl sites for hydroxylation is 2. The van der Waals surface area contributed by atoms with Crippen LogP contribution in [0.2, 0.25) is 0 Å². The van der Waals surface area contributed by atoms with Crippen LogP contribution in [0.15, 0.2) is 36.4 Å². The second kappa shape index (κ2) is 7.80. The minimum atomic E-state index is -0.963. The van der Waals surface area contributed by atoms with Gasteiger partial charge in [-0.1, -0.05) is 12.1 Å². The van der Waals surface area contributed by atoms with E-state index in [2.05, 4.69) is 9.80 Å². The Hall–Kier alpha value is -2.86. The van der Waals surface area contributed by atoms with Crippen molar-refractivity contribution < 1.29 is 19.8 Å². The smallest absolute Gasteiger partial charge is 0.335 e. The Labute approximate surface area is 158 Å². The predicted molar refractivity (Wildman–Crippen MR) is 104 cm³/mol. The highest BCUT2D eigenvalue weighted by Gasteiger charge is 2.23. The number of benzene rings is 2. The van der Waals surface area contributed by atoms with Gasteiger partial charge in [-0.15, -0.1) is 0 Å². The SMILES string of the molecule is CN(C)CCCN1c2cc(C(=O)O)ccc2CCc2ccc(C(=O)O)cc21. The molecule has 27 heavy (non-hydrogen) atoms. The summed E-state index contributed by atoms with van der Waals surface area (Å²) in [4.78, 5) is 27.1. The first-order chi connectivity index (χ1) is 12.9. The monoisotopic (exact) mass is 368 g/mol. The summed E-state index contributed by atoms with van der Waals surface area (Å²) in [5.41, 5.74) is 4.36. The van der Waals surface area contributed by atoms with Gasteiger partial charge in [0.05, 0.1) is 11.1 Å². The van der Waals surface area contributed by atoms with Gasteiger partial charge < -0.3 is 20.0 Å². The molecule has 0 aromatic heterocycles. The number of rotatable bonds is 6. The summed E-state index contributed by atoms with van der Waals surface area (Å²) in [5, 5.41) is 18.8. The van der Waals surface area contributed by atoms with Crippen molar-refractivity contribution >= 4 is 23.3 Å². The minimum Gasteiger partial charge on any atom is -0.478 e. The summed E-state index contributed by atoms with van der Waals surface area (Å²) in [6.07, 6.45) is 2.46. The Kier molecular flexibility index (Phi) is 5.46. The lowest BCUT2D eigenvalue weighted by atomic mass is 10.0. The number of nitrogens with zero attached hydrogens (tertiary/aromatic N) is 2. The van der Waals surface area contributed by atoms with Crippen molar-refractivity contribution in [3.63, 3.8) is 0 Å². The fraction of sp³-hybridized carbons (Fsp3) is 0.333. The zero-order valence-corrected chi connectivity index (χ0v) is 15.6. The fourth-order valence-electron chi connectivity index (χ4n) is 3.50. The molecule has 0 aliphatic carbocycles. The summed E-state index contributed by atoms with van der Waals surface area (Å²) in [6, 6.07) is 10.4. The molecule has 2 aromatic rings. The van der Waals surface area contributed by atoms with Gasteiger partial charge in [0, 0.05) is 17.9 Å². The van der Waals surface area contributed by atoms with Gasteiger partial charge in [-0.2, -0.15) is 0 Å². The first kappa shape index (κ1) is 18.9. The highest BCUT2D eigenvalue weighted by atomic mass is 16.4. The standard InChI is InChI=1S/C21H24N2O4/c1-22(2)10-3-11-23-18-12-16(20(24)25)8-6-14(18)4-5-15-7-9-17(21(26)27)13-19(15)23/h6-9,12-13H,3-5,10-11H2,1-2H3,(H,24,25)(H,26,27). The van der Waals surface area contributed by atoms with Crippen LogP contribution < -0.4 is 4.90 Å². The lowest BCUT2D eigenvalue weighted by Crippen LogP contribution is -2.24.